The van der Waals surface area contributed by atoms with Crippen LogP contribution < -0.4 is 0 Å². The van der Waals surface area contributed by atoms with Gasteiger partial charge in [-0.1, -0.05) is 11.3 Å². The van der Waals surface area contributed by atoms with Gasteiger partial charge in [0.2, 0.25) is 0 Å². The Kier molecular flexibility index (Phi) is 5.33. The van der Waals surface area contributed by atoms with Gasteiger partial charge in [-0.25, -0.2) is 9.97 Å². The lowest BCUT2D eigenvalue weighted by Crippen LogP contribution is -2.33. The predicted molar refractivity (Wildman–Crippen MR) is 106 cm³/mol. The van der Waals surface area contributed by atoms with Crippen LogP contribution in [0.25, 0.3) is 0 Å². The van der Waals surface area contributed by atoms with Gasteiger partial charge in [0.1, 0.15) is 5.82 Å². The first kappa shape index (κ1) is 18.3. The minimum atomic E-state index is -0.315. The molecule has 1 aliphatic rings. The van der Waals surface area contributed by atoms with E-state index in [-0.39, 0.29) is 9.92 Å². The Morgan fingerprint density at radius 3 is 2.74 bits per heavy atom. The van der Waals surface area contributed by atoms with E-state index in [1.807, 2.05) is 24.7 Å². The zero-order valence-electron chi connectivity index (χ0n) is 15.1. The molecule has 0 N–H and O–H groups in total. The van der Waals surface area contributed by atoms with E-state index < -0.39 is 0 Å². The van der Waals surface area contributed by atoms with Crippen LogP contribution >= 0.6 is 22.7 Å². The smallest absolute Gasteiger partial charge is 0.324 e. The lowest BCUT2D eigenvalue weighted by atomic mass is 9.95. The Balaban J connectivity index is 1.35. The third kappa shape index (κ3) is 4.26. The number of likely N-dealkylation sites (tertiary alicyclic amines) is 1. The second-order valence-corrected chi connectivity index (χ2v) is 8.82. The highest BCUT2D eigenvalue weighted by Gasteiger charge is 2.24. The van der Waals surface area contributed by atoms with Crippen molar-refractivity contribution in [2.24, 2.45) is 0 Å². The van der Waals surface area contributed by atoms with Gasteiger partial charge in [-0.05, 0) is 38.4 Å². The van der Waals surface area contributed by atoms with Crippen molar-refractivity contribution in [1.29, 1.82) is 0 Å². The molecule has 1 aliphatic heterocycles. The molecule has 3 aromatic heterocycles. The molecule has 0 unspecified atom stereocenters. The average Bonchev–Trinajstić information content (AvgIpc) is 3.38. The molecule has 27 heavy (non-hydrogen) atoms. The number of rotatable bonds is 6. The minimum Gasteiger partial charge on any atom is -0.329 e. The lowest BCUT2D eigenvalue weighted by molar-refractivity contribution is -0.380. The summed E-state index contributed by atoms with van der Waals surface area (Å²) in [7, 11) is 0. The van der Waals surface area contributed by atoms with Crippen molar-refractivity contribution in [3.63, 3.8) is 0 Å². The highest BCUT2D eigenvalue weighted by atomic mass is 32.1. The first-order valence-electron chi connectivity index (χ1n) is 8.94. The van der Waals surface area contributed by atoms with Gasteiger partial charge in [-0.2, -0.15) is 0 Å². The third-order valence-electron chi connectivity index (χ3n) is 4.93. The SMILES string of the molecule is Cc1nc(Cn2ccnc2C2CCN(Cc3csc([N+](=O)[O-])c3)CC2)cs1. The van der Waals surface area contributed by atoms with E-state index in [1.165, 1.54) is 11.3 Å². The normalized spacial score (nSPS) is 16.0. The molecule has 0 saturated carbocycles. The molecule has 0 aromatic carbocycles. The fourth-order valence-corrected chi connectivity index (χ4v) is 4.94. The second-order valence-electron chi connectivity index (χ2n) is 6.87. The van der Waals surface area contributed by atoms with Crippen LogP contribution in [0.2, 0.25) is 0 Å². The van der Waals surface area contributed by atoms with Crippen LogP contribution in [0.1, 0.15) is 40.8 Å². The topological polar surface area (TPSA) is 77.1 Å². The van der Waals surface area contributed by atoms with Crippen molar-refractivity contribution in [2.45, 2.75) is 38.8 Å². The molecule has 0 atom stereocenters. The predicted octanol–water partition coefficient (Wildman–Crippen LogP) is 4.05. The quantitative estimate of drug-likeness (QED) is 0.458. The lowest BCUT2D eigenvalue weighted by Gasteiger charge is -2.31. The number of nitrogens with zero attached hydrogens (tertiary/aromatic N) is 5. The van der Waals surface area contributed by atoms with Gasteiger partial charge in [0, 0.05) is 41.7 Å². The van der Waals surface area contributed by atoms with Crippen molar-refractivity contribution in [3.05, 3.63) is 61.4 Å². The summed E-state index contributed by atoms with van der Waals surface area (Å²) in [6.07, 6.45) is 6.03. The molecule has 3 aromatic rings. The highest BCUT2D eigenvalue weighted by Crippen LogP contribution is 2.29. The number of thiazole rings is 1. The van der Waals surface area contributed by atoms with Gasteiger partial charge in [0.05, 0.1) is 22.2 Å². The third-order valence-corrected chi connectivity index (χ3v) is 6.68. The van der Waals surface area contributed by atoms with E-state index in [0.717, 1.165) is 61.1 Å². The summed E-state index contributed by atoms with van der Waals surface area (Å²) in [6, 6.07) is 1.69. The zero-order valence-corrected chi connectivity index (χ0v) is 16.7. The van der Waals surface area contributed by atoms with E-state index in [2.05, 4.69) is 24.8 Å². The number of thiophene rings is 1. The van der Waals surface area contributed by atoms with Crippen molar-refractivity contribution in [1.82, 2.24) is 19.4 Å². The fraction of sp³-hybridized carbons (Fsp3) is 0.444. The van der Waals surface area contributed by atoms with Crippen LogP contribution in [-0.4, -0.2) is 37.4 Å². The number of nitro groups is 1. The summed E-state index contributed by atoms with van der Waals surface area (Å²) >= 11 is 2.88. The molecule has 7 nitrogen and oxygen atoms in total. The Morgan fingerprint density at radius 1 is 1.26 bits per heavy atom. The van der Waals surface area contributed by atoms with E-state index in [0.29, 0.717) is 5.92 Å². The maximum absolute atomic E-state index is 10.8. The number of piperidine rings is 1. The van der Waals surface area contributed by atoms with E-state index in [4.69, 9.17) is 0 Å². The van der Waals surface area contributed by atoms with Gasteiger partial charge in [0.15, 0.2) is 0 Å². The van der Waals surface area contributed by atoms with Gasteiger partial charge < -0.3 is 4.57 Å². The van der Waals surface area contributed by atoms with Gasteiger partial charge in [-0.3, -0.25) is 15.0 Å². The Labute approximate surface area is 165 Å². The zero-order chi connectivity index (χ0) is 18.8. The first-order valence-corrected chi connectivity index (χ1v) is 10.7. The number of aryl methyl sites for hydroxylation is 1. The van der Waals surface area contributed by atoms with Gasteiger partial charge in [0.25, 0.3) is 0 Å². The van der Waals surface area contributed by atoms with Crippen LogP contribution in [0.3, 0.4) is 0 Å². The standard InChI is InChI=1S/C18H21N5O2S2/c1-13-20-16(12-26-13)10-22-7-4-19-18(22)15-2-5-21(6-3-15)9-14-8-17(23(24)25)27-11-14/h4,7-8,11-12,15H,2-3,5-6,9-10H2,1H3. The van der Waals surface area contributed by atoms with Gasteiger partial charge >= 0.3 is 5.00 Å². The molecule has 0 aliphatic carbocycles. The minimum absolute atomic E-state index is 0.221. The summed E-state index contributed by atoms with van der Waals surface area (Å²) in [6.45, 7) is 5.55. The summed E-state index contributed by atoms with van der Waals surface area (Å²) in [5, 5.41) is 16.2. The molecule has 0 radical (unpaired) electrons. The summed E-state index contributed by atoms with van der Waals surface area (Å²) < 4.78 is 2.22. The molecule has 0 amide bonds. The van der Waals surface area contributed by atoms with E-state index >= 15 is 0 Å². The number of aromatic nitrogens is 3. The molecule has 9 heteroatoms. The molecular weight excluding hydrogens is 382 g/mol. The fourth-order valence-electron chi connectivity index (χ4n) is 3.62. The van der Waals surface area contributed by atoms with Crippen LogP contribution in [0.5, 0.6) is 0 Å². The number of hydrogen-bond donors (Lipinski definition) is 0. The summed E-state index contributed by atoms with van der Waals surface area (Å²) in [5.41, 5.74) is 2.12. The van der Waals surface area contributed by atoms with Crippen molar-refractivity contribution >= 4 is 27.7 Å². The van der Waals surface area contributed by atoms with Crippen molar-refractivity contribution in [2.75, 3.05) is 13.1 Å². The molecule has 0 spiro atoms. The van der Waals surface area contributed by atoms with Crippen molar-refractivity contribution in [3.8, 4) is 0 Å². The highest BCUT2D eigenvalue weighted by molar-refractivity contribution is 7.13. The van der Waals surface area contributed by atoms with Crippen LogP contribution in [0.15, 0.2) is 29.2 Å². The molecule has 1 fully saturated rings. The number of hydrogen-bond acceptors (Lipinski definition) is 7. The molecule has 1 saturated heterocycles. The average molecular weight is 404 g/mol. The Hall–Kier alpha value is -2.10. The largest absolute Gasteiger partial charge is 0.329 e. The van der Waals surface area contributed by atoms with Crippen molar-refractivity contribution < 1.29 is 4.92 Å². The summed E-state index contributed by atoms with van der Waals surface area (Å²) in [4.78, 5) is 22.1. The van der Waals surface area contributed by atoms with Crippen LogP contribution in [0, 0.1) is 17.0 Å². The molecule has 142 valence electrons. The Morgan fingerprint density at radius 2 is 2.07 bits per heavy atom. The molecule has 4 rings (SSSR count). The second kappa shape index (κ2) is 7.87. The monoisotopic (exact) mass is 403 g/mol. The van der Waals surface area contributed by atoms with E-state index in [1.54, 1.807) is 17.4 Å². The van der Waals surface area contributed by atoms with Crippen LogP contribution in [0.4, 0.5) is 5.00 Å². The molecule has 4 heterocycles. The summed E-state index contributed by atoms with van der Waals surface area (Å²) in [5.74, 6) is 1.60. The van der Waals surface area contributed by atoms with Gasteiger partial charge in [-0.15, -0.1) is 11.3 Å². The molecule has 0 bridgehead atoms. The Bertz CT molecular complexity index is 924. The maximum atomic E-state index is 10.8. The molecular formula is C18H21N5O2S2. The maximum Gasteiger partial charge on any atom is 0.324 e. The van der Waals surface area contributed by atoms with Crippen LogP contribution in [-0.2, 0) is 13.1 Å². The van der Waals surface area contributed by atoms with E-state index in [9.17, 15) is 10.1 Å². The first-order chi connectivity index (χ1) is 13.1. The number of imidazole rings is 1.